The van der Waals surface area contributed by atoms with E-state index in [1.54, 1.807) is 0 Å². The minimum atomic E-state index is 0.177. The average Bonchev–Trinajstić information content (AvgIpc) is 3.26. The minimum Gasteiger partial charge on any atom is -0.339 e. The molecule has 1 saturated carbocycles. The standard InChI is InChI=1S/C39H42N2/c1-31-14-12-21-38(30-31)41(39(2)28-10-5-11-29-39)37-26-23-33(24-27-37)32-15-13-20-36(25-22-32)40(34-16-6-3-7-17-34)35-18-8-4-9-19-35/h3-4,6-9,12-14,16-27,31H,5,10-11,15,28-30H2,1-2H3/t31-/m0/s1. The van der Waals surface area contributed by atoms with E-state index in [-0.39, 0.29) is 5.54 Å². The van der Waals surface area contributed by atoms with Crippen LogP contribution in [0, 0.1) is 5.92 Å². The lowest BCUT2D eigenvalue weighted by atomic mass is 9.80. The van der Waals surface area contributed by atoms with Gasteiger partial charge in [-0.2, -0.15) is 0 Å². The maximum atomic E-state index is 2.69. The smallest absolute Gasteiger partial charge is 0.0461 e. The van der Waals surface area contributed by atoms with Crippen LogP contribution in [-0.2, 0) is 0 Å². The van der Waals surface area contributed by atoms with E-state index >= 15 is 0 Å². The molecular weight excluding hydrogens is 496 g/mol. The lowest BCUT2D eigenvalue weighted by Crippen LogP contribution is -2.47. The van der Waals surface area contributed by atoms with Crippen LogP contribution in [0.2, 0.25) is 0 Å². The first-order chi connectivity index (χ1) is 20.1. The van der Waals surface area contributed by atoms with Gasteiger partial charge >= 0.3 is 0 Å². The Hall–Kier alpha value is -4.04. The van der Waals surface area contributed by atoms with Crippen molar-refractivity contribution in [2.75, 3.05) is 9.80 Å². The van der Waals surface area contributed by atoms with E-state index < -0.39 is 0 Å². The summed E-state index contributed by atoms with van der Waals surface area (Å²) in [6.45, 7) is 4.82. The van der Waals surface area contributed by atoms with Crippen LogP contribution in [0.1, 0.15) is 64.4 Å². The zero-order valence-electron chi connectivity index (χ0n) is 24.5. The van der Waals surface area contributed by atoms with Crippen LogP contribution in [0.5, 0.6) is 0 Å². The van der Waals surface area contributed by atoms with Gasteiger partial charge in [-0.1, -0.05) is 99.0 Å². The molecule has 1 fully saturated rings. The van der Waals surface area contributed by atoms with E-state index in [2.05, 4.69) is 151 Å². The maximum absolute atomic E-state index is 2.69. The number of hydrogen-bond acceptors (Lipinski definition) is 2. The summed E-state index contributed by atoms with van der Waals surface area (Å²) < 4.78 is 0. The Labute approximate surface area is 246 Å². The second-order valence-corrected chi connectivity index (χ2v) is 12.1. The SMILES string of the molecule is C[C@H]1C=CC=C(N(c2ccc(C3=CC=C(N(c4ccccc4)c4ccccc4)C=CC3)cc2)C2(C)CCCCC2)C1. The summed E-state index contributed by atoms with van der Waals surface area (Å²) in [7, 11) is 0. The molecule has 0 aromatic heterocycles. The zero-order valence-corrected chi connectivity index (χ0v) is 24.5. The maximum Gasteiger partial charge on any atom is 0.0461 e. The summed E-state index contributed by atoms with van der Waals surface area (Å²) in [5.41, 5.74) is 9.08. The van der Waals surface area contributed by atoms with Crippen LogP contribution in [0.15, 0.2) is 139 Å². The number of allylic oxidation sites excluding steroid dienone is 9. The Morgan fingerprint density at radius 3 is 2.00 bits per heavy atom. The van der Waals surface area contributed by atoms with Crippen molar-refractivity contribution in [1.82, 2.24) is 0 Å². The Balaban J connectivity index is 1.31. The zero-order chi connectivity index (χ0) is 28.1. The van der Waals surface area contributed by atoms with Crippen LogP contribution >= 0.6 is 0 Å². The summed E-state index contributed by atoms with van der Waals surface area (Å²) in [5.74, 6) is 0.583. The van der Waals surface area contributed by atoms with E-state index in [0.29, 0.717) is 5.92 Å². The Morgan fingerprint density at radius 2 is 1.37 bits per heavy atom. The Morgan fingerprint density at radius 1 is 0.707 bits per heavy atom. The van der Waals surface area contributed by atoms with Gasteiger partial charge in [0, 0.05) is 34.0 Å². The van der Waals surface area contributed by atoms with Gasteiger partial charge in [0.05, 0.1) is 0 Å². The largest absolute Gasteiger partial charge is 0.339 e. The molecule has 0 bridgehead atoms. The predicted molar refractivity (Wildman–Crippen MR) is 176 cm³/mol. The first-order valence-electron chi connectivity index (χ1n) is 15.4. The summed E-state index contributed by atoms with van der Waals surface area (Å²) in [6.07, 6.45) is 24.6. The number of para-hydroxylation sites is 2. The Kier molecular flexibility index (Phi) is 8.09. The quantitative estimate of drug-likeness (QED) is 0.295. The first-order valence-corrected chi connectivity index (χ1v) is 15.4. The lowest BCUT2D eigenvalue weighted by molar-refractivity contribution is 0.307. The van der Waals surface area contributed by atoms with Crippen molar-refractivity contribution in [3.05, 3.63) is 144 Å². The van der Waals surface area contributed by atoms with Gasteiger partial charge in [-0.25, -0.2) is 0 Å². The molecule has 0 unspecified atom stereocenters. The van der Waals surface area contributed by atoms with Crippen molar-refractivity contribution >= 4 is 22.6 Å². The highest BCUT2D eigenvalue weighted by Gasteiger charge is 2.36. The minimum absolute atomic E-state index is 0.177. The summed E-state index contributed by atoms with van der Waals surface area (Å²) >= 11 is 0. The molecule has 3 aromatic rings. The molecule has 3 aromatic carbocycles. The highest BCUT2D eigenvalue weighted by molar-refractivity contribution is 5.75. The van der Waals surface area contributed by atoms with Gasteiger partial charge in [0.25, 0.3) is 0 Å². The molecule has 2 nitrogen and oxygen atoms in total. The molecular formula is C39H42N2. The molecule has 208 valence electrons. The van der Waals surface area contributed by atoms with Crippen molar-refractivity contribution in [2.24, 2.45) is 5.92 Å². The molecule has 0 heterocycles. The summed E-state index contributed by atoms with van der Waals surface area (Å²) in [4.78, 5) is 5.02. The summed E-state index contributed by atoms with van der Waals surface area (Å²) in [6, 6.07) is 30.6. The van der Waals surface area contributed by atoms with Crippen LogP contribution in [0.3, 0.4) is 0 Å². The number of nitrogens with zero attached hydrogens (tertiary/aromatic N) is 2. The average molecular weight is 539 g/mol. The number of rotatable bonds is 7. The van der Waals surface area contributed by atoms with Crippen LogP contribution in [0.25, 0.3) is 5.57 Å². The van der Waals surface area contributed by atoms with Gasteiger partial charge in [-0.3, -0.25) is 0 Å². The molecule has 3 aliphatic carbocycles. The molecule has 0 aliphatic heterocycles. The van der Waals surface area contributed by atoms with E-state index in [9.17, 15) is 0 Å². The van der Waals surface area contributed by atoms with E-state index in [1.165, 1.54) is 54.6 Å². The third-order valence-electron chi connectivity index (χ3n) is 8.88. The van der Waals surface area contributed by atoms with E-state index in [1.807, 2.05) is 0 Å². The molecule has 0 radical (unpaired) electrons. The third-order valence-corrected chi connectivity index (χ3v) is 8.88. The monoisotopic (exact) mass is 538 g/mol. The highest BCUT2D eigenvalue weighted by Crippen LogP contribution is 2.42. The van der Waals surface area contributed by atoms with Crippen molar-refractivity contribution < 1.29 is 0 Å². The molecule has 0 saturated heterocycles. The molecule has 3 aliphatic rings. The Bertz CT molecular complexity index is 1430. The van der Waals surface area contributed by atoms with Crippen molar-refractivity contribution in [3.63, 3.8) is 0 Å². The normalized spacial score (nSPS) is 20.0. The number of benzene rings is 3. The molecule has 0 N–H and O–H groups in total. The predicted octanol–water partition coefficient (Wildman–Crippen LogP) is 10.8. The second-order valence-electron chi connectivity index (χ2n) is 12.1. The van der Waals surface area contributed by atoms with Gasteiger partial charge in [0.1, 0.15) is 0 Å². The number of hydrogen-bond donors (Lipinski definition) is 0. The molecule has 0 spiro atoms. The lowest BCUT2D eigenvalue weighted by Gasteiger charge is -2.47. The van der Waals surface area contributed by atoms with Crippen LogP contribution in [-0.4, -0.2) is 5.54 Å². The highest BCUT2D eigenvalue weighted by atomic mass is 15.2. The van der Waals surface area contributed by atoms with Crippen LogP contribution < -0.4 is 9.80 Å². The molecule has 2 heteroatoms. The molecule has 41 heavy (non-hydrogen) atoms. The van der Waals surface area contributed by atoms with Gasteiger partial charge in [-0.15, -0.1) is 0 Å². The number of anilines is 3. The first kappa shape index (κ1) is 27.1. The fraction of sp³-hybridized carbons (Fsp3) is 0.282. The van der Waals surface area contributed by atoms with Crippen molar-refractivity contribution in [2.45, 2.75) is 64.3 Å². The van der Waals surface area contributed by atoms with E-state index in [4.69, 9.17) is 0 Å². The second kappa shape index (κ2) is 12.2. The third kappa shape index (κ3) is 6.03. The van der Waals surface area contributed by atoms with Gasteiger partial charge in [-0.05, 0) is 104 Å². The van der Waals surface area contributed by atoms with Gasteiger partial charge < -0.3 is 9.80 Å². The van der Waals surface area contributed by atoms with Crippen molar-refractivity contribution in [1.29, 1.82) is 0 Å². The topological polar surface area (TPSA) is 6.48 Å². The molecule has 1 atom stereocenters. The van der Waals surface area contributed by atoms with E-state index in [0.717, 1.165) is 29.9 Å². The van der Waals surface area contributed by atoms with Crippen LogP contribution in [0.4, 0.5) is 17.1 Å². The van der Waals surface area contributed by atoms with Crippen molar-refractivity contribution in [3.8, 4) is 0 Å². The molecule has 6 rings (SSSR count). The van der Waals surface area contributed by atoms with Gasteiger partial charge in [0.2, 0.25) is 0 Å². The molecule has 0 amide bonds. The van der Waals surface area contributed by atoms with Gasteiger partial charge in [0.15, 0.2) is 0 Å². The fourth-order valence-electron chi connectivity index (χ4n) is 6.75. The fourth-order valence-corrected chi connectivity index (χ4v) is 6.75. The summed E-state index contributed by atoms with van der Waals surface area (Å²) in [5, 5.41) is 0.